The molecule has 2 atom stereocenters. The fourth-order valence-corrected chi connectivity index (χ4v) is 10.7. The molecule has 0 bridgehead atoms. The second kappa shape index (κ2) is 63.1. The van der Waals surface area contributed by atoms with E-state index in [1.807, 2.05) is 0 Å². The summed E-state index contributed by atoms with van der Waals surface area (Å²) >= 11 is 0. The van der Waals surface area contributed by atoms with Gasteiger partial charge in [0.05, 0.1) is 25.4 Å². The van der Waals surface area contributed by atoms with Gasteiger partial charge in [-0.2, -0.15) is 0 Å². The molecule has 0 aromatic carbocycles. The number of aliphatic hydroxyl groups is 2. The molecule has 0 heterocycles. The van der Waals surface area contributed by atoms with E-state index in [1.54, 1.807) is 0 Å². The summed E-state index contributed by atoms with van der Waals surface area (Å²) in [6.45, 7) is 4.99. The molecule has 1 amide bonds. The first-order chi connectivity index (χ1) is 36.0. The Labute approximate surface area is 457 Å². The van der Waals surface area contributed by atoms with Crippen LogP contribution >= 0.6 is 0 Å². The Bertz CT molecular complexity index is 1100. The second-order valence-electron chi connectivity index (χ2n) is 23.2. The average molecular weight is 1030 g/mol. The van der Waals surface area contributed by atoms with Crippen LogP contribution in [0.4, 0.5) is 0 Å². The molecule has 434 valence electrons. The van der Waals surface area contributed by atoms with Crippen LogP contribution in [0, 0.1) is 0 Å². The van der Waals surface area contributed by atoms with Crippen LogP contribution in [-0.4, -0.2) is 47.4 Å². The van der Waals surface area contributed by atoms with Gasteiger partial charge in [0, 0.05) is 12.8 Å². The normalized spacial score (nSPS) is 12.5. The van der Waals surface area contributed by atoms with Crippen molar-refractivity contribution in [3.63, 3.8) is 0 Å². The first kappa shape index (κ1) is 71.6. The zero-order valence-corrected chi connectivity index (χ0v) is 49.6. The SMILES string of the molecule is CCCCCCCCCCCCCCCCCCCCCC(O)C(CO)NC(=O)CCCCCCCCC/C=C\CCCCCCCCCCCCOC(=O)CCCCCCCCCCCCCCCCCC. The lowest BCUT2D eigenvalue weighted by Crippen LogP contribution is -2.45. The van der Waals surface area contributed by atoms with Crippen LogP contribution in [0.5, 0.6) is 0 Å². The van der Waals surface area contributed by atoms with Crippen LogP contribution in [0.3, 0.4) is 0 Å². The summed E-state index contributed by atoms with van der Waals surface area (Å²) in [4.78, 5) is 24.6. The lowest BCUT2D eigenvalue weighted by molar-refractivity contribution is -0.143. The molecule has 6 heteroatoms. The summed E-state index contributed by atoms with van der Waals surface area (Å²) in [6, 6.07) is -0.547. The number of hydrogen-bond donors (Lipinski definition) is 3. The number of aliphatic hydroxyl groups excluding tert-OH is 2. The average Bonchev–Trinajstić information content (AvgIpc) is 3.39. The van der Waals surface area contributed by atoms with Crippen molar-refractivity contribution in [2.75, 3.05) is 13.2 Å². The summed E-state index contributed by atoms with van der Waals surface area (Å²) in [5.74, 6) is -0.0260. The molecule has 0 aromatic heterocycles. The van der Waals surface area contributed by atoms with Gasteiger partial charge in [-0.1, -0.05) is 328 Å². The minimum Gasteiger partial charge on any atom is -0.466 e. The maximum Gasteiger partial charge on any atom is 0.305 e. The number of ether oxygens (including phenoxy) is 1. The molecule has 0 aliphatic rings. The molecule has 6 nitrogen and oxygen atoms in total. The van der Waals surface area contributed by atoms with E-state index < -0.39 is 12.1 Å². The Hall–Kier alpha value is -1.40. The molecule has 0 spiro atoms. The Morgan fingerprint density at radius 3 is 0.973 bits per heavy atom. The second-order valence-corrected chi connectivity index (χ2v) is 23.2. The number of carbonyl (C=O) groups excluding carboxylic acids is 2. The van der Waals surface area contributed by atoms with Gasteiger partial charge < -0.3 is 20.3 Å². The van der Waals surface area contributed by atoms with Crippen molar-refractivity contribution in [3.05, 3.63) is 12.2 Å². The number of unbranched alkanes of at least 4 members (excludes halogenated alkanes) is 50. The van der Waals surface area contributed by atoms with Crippen molar-refractivity contribution >= 4 is 11.9 Å². The van der Waals surface area contributed by atoms with Crippen LogP contribution in [0.25, 0.3) is 0 Å². The molecular formula is C67H131NO5. The molecule has 0 aliphatic heterocycles. The number of amides is 1. The summed E-state index contributed by atoms with van der Waals surface area (Å²) in [5, 5.41) is 23.4. The molecular weight excluding hydrogens is 899 g/mol. The van der Waals surface area contributed by atoms with E-state index >= 15 is 0 Å². The van der Waals surface area contributed by atoms with Crippen molar-refractivity contribution in [2.45, 2.75) is 392 Å². The highest BCUT2D eigenvalue weighted by atomic mass is 16.5. The van der Waals surface area contributed by atoms with Crippen molar-refractivity contribution in [1.29, 1.82) is 0 Å². The van der Waals surface area contributed by atoms with E-state index in [4.69, 9.17) is 4.74 Å². The number of hydrogen-bond acceptors (Lipinski definition) is 5. The third-order valence-electron chi connectivity index (χ3n) is 15.8. The van der Waals surface area contributed by atoms with E-state index in [0.717, 1.165) is 38.5 Å². The van der Waals surface area contributed by atoms with Gasteiger partial charge in [0.2, 0.25) is 5.91 Å². The zero-order chi connectivity index (χ0) is 52.9. The monoisotopic (exact) mass is 1030 g/mol. The smallest absolute Gasteiger partial charge is 0.305 e. The minimum absolute atomic E-state index is 0.0128. The maximum atomic E-state index is 12.5. The summed E-state index contributed by atoms with van der Waals surface area (Å²) in [6.07, 6.45) is 76.6. The molecule has 0 fully saturated rings. The summed E-state index contributed by atoms with van der Waals surface area (Å²) in [7, 11) is 0. The van der Waals surface area contributed by atoms with Gasteiger partial charge in [0.15, 0.2) is 0 Å². The lowest BCUT2D eigenvalue weighted by atomic mass is 10.0. The van der Waals surface area contributed by atoms with Gasteiger partial charge in [0.1, 0.15) is 0 Å². The molecule has 0 rings (SSSR count). The molecule has 3 N–H and O–H groups in total. The number of allylic oxidation sites excluding steroid dienone is 2. The van der Waals surface area contributed by atoms with E-state index in [1.165, 1.54) is 308 Å². The fourth-order valence-electron chi connectivity index (χ4n) is 10.7. The first-order valence-electron chi connectivity index (χ1n) is 33.4. The highest BCUT2D eigenvalue weighted by Crippen LogP contribution is 2.19. The van der Waals surface area contributed by atoms with Crippen LogP contribution in [0.1, 0.15) is 380 Å². The van der Waals surface area contributed by atoms with E-state index in [0.29, 0.717) is 25.9 Å². The first-order valence-corrected chi connectivity index (χ1v) is 33.4. The van der Waals surface area contributed by atoms with E-state index in [2.05, 4.69) is 31.3 Å². The number of nitrogens with one attached hydrogen (secondary N) is 1. The molecule has 0 radical (unpaired) electrons. The molecule has 0 aromatic rings. The van der Waals surface area contributed by atoms with Gasteiger partial charge in [-0.05, 0) is 51.4 Å². The topological polar surface area (TPSA) is 95.9 Å². The van der Waals surface area contributed by atoms with Crippen LogP contribution in [-0.2, 0) is 14.3 Å². The Balaban J connectivity index is 3.40. The van der Waals surface area contributed by atoms with Gasteiger partial charge in [-0.25, -0.2) is 0 Å². The van der Waals surface area contributed by atoms with Crippen molar-refractivity contribution in [3.8, 4) is 0 Å². The summed E-state index contributed by atoms with van der Waals surface area (Å²) < 4.78 is 5.50. The zero-order valence-electron chi connectivity index (χ0n) is 49.6. The number of rotatable bonds is 63. The number of esters is 1. The molecule has 0 aliphatic carbocycles. The Morgan fingerprint density at radius 1 is 0.370 bits per heavy atom. The van der Waals surface area contributed by atoms with Crippen molar-refractivity contribution in [1.82, 2.24) is 5.32 Å². The number of carbonyl (C=O) groups is 2. The highest BCUT2D eigenvalue weighted by Gasteiger charge is 2.20. The van der Waals surface area contributed by atoms with Gasteiger partial charge in [0.25, 0.3) is 0 Å². The molecule has 0 saturated heterocycles. The highest BCUT2D eigenvalue weighted by molar-refractivity contribution is 5.76. The van der Waals surface area contributed by atoms with Gasteiger partial charge in [-0.15, -0.1) is 0 Å². The van der Waals surface area contributed by atoms with Crippen LogP contribution in [0.2, 0.25) is 0 Å². The fraction of sp³-hybridized carbons (Fsp3) is 0.940. The van der Waals surface area contributed by atoms with E-state index in [-0.39, 0.29) is 18.5 Å². The quantitative estimate of drug-likeness (QED) is 0.0320. The largest absolute Gasteiger partial charge is 0.466 e. The van der Waals surface area contributed by atoms with Crippen molar-refractivity contribution < 1.29 is 24.5 Å². The van der Waals surface area contributed by atoms with Crippen LogP contribution < -0.4 is 5.32 Å². The maximum absolute atomic E-state index is 12.5. The van der Waals surface area contributed by atoms with E-state index in [9.17, 15) is 19.8 Å². The van der Waals surface area contributed by atoms with Crippen molar-refractivity contribution in [2.24, 2.45) is 0 Å². The minimum atomic E-state index is -0.669. The summed E-state index contributed by atoms with van der Waals surface area (Å²) in [5.41, 5.74) is 0. The van der Waals surface area contributed by atoms with Gasteiger partial charge in [-0.3, -0.25) is 9.59 Å². The van der Waals surface area contributed by atoms with Gasteiger partial charge >= 0.3 is 5.97 Å². The molecule has 2 unspecified atom stereocenters. The lowest BCUT2D eigenvalue weighted by Gasteiger charge is -2.22. The predicted molar refractivity (Wildman–Crippen MR) is 320 cm³/mol. The molecule has 0 saturated carbocycles. The third-order valence-corrected chi connectivity index (χ3v) is 15.8. The Kier molecular flexibility index (Phi) is 61.9. The Morgan fingerprint density at radius 2 is 0.644 bits per heavy atom. The molecule has 73 heavy (non-hydrogen) atoms. The van der Waals surface area contributed by atoms with Crippen LogP contribution in [0.15, 0.2) is 12.2 Å². The predicted octanol–water partition coefficient (Wildman–Crippen LogP) is 21.2. The standard InChI is InChI=1S/C67H131NO5/c1-3-5-7-9-11-13-15-17-19-21-25-28-31-35-39-43-47-51-55-59-65(70)64(63-69)68-66(71)60-56-52-48-44-40-36-32-29-26-23-22-24-27-30-34-38-42-46-50-54-58-62-73-67(72)61-57-53-49-45-41-37-33-20-18-16-14-12-10-8-6-4-2/h23,26,64-65,69-70H,3-22,24-25,27-63H2,1-2H3,(H,68,71)/b26-23-. The third kappa shape index (κ3) is 59.7.